The molecule has 1 fully saturated rings. The maximum absolute atomic E-state index is 11.8. The highest BCUT2D eigenvalue weighted by Gasteiger charge is 2.56. The molecule has 0 amide bonds. The lowest BCUT2D eigenvalue weighted by atomic mass is 10.5. The van der Waals surface area contributed by atoms with Crippen LogP contribution in [0.3, 0.4) is 0 Å². The van der Waals surface area contributed by atoms with Crippen LogP contribution >= 0.6 is 0 Å². The van der Waals surface area contributed by atoms with Crippen LogP contribution in [-0.2, 0) is 4.84 Å². The first-order chi connectivity index (χ1) is 3.67. The van der Waals surface area contributed by atoms with Gasteiger partial charge in [0, 0.05) is 6.42 Å². The van der Waals surface area contributed by atoms with Gasteiger partial charge in [-0.1, -0.05) is 0 Å². The van der Waals surface area contributed by atoms with Gasteiger partial charge in [0.1, 0.15) is 0 Å². The van der Waals surface area contributed by atoms with Crippen LogP contribution < -0.4 is 5.90 Å². The Morgan fingerprint density at radius 1 is 1.75 bits per heavy atom. The zero-order valence-electron chi connectivity index (χ0n) is 4.23. The quantitative estimate of drug-likeness (QED) is 0.543. The van der Waals surface area contributed by atoms with Gasteiger partial charge in [-0.15, -0.1) is 0 Å². The summed E-state index contributed by atoms with van der Waals surface area (Å²) in [5.41, 5.74) is 0. The van der Waals surface area contributed by atoms with Gasteiger partial charge >= 0.3 is 0 Å². The lowest BCUT2D eigenvalue weighted by Crippen LogP contribution is -2.06. The standard InChI is InChI=1S/C4H7F2NO/c5-4(6)1-3(4)2-8-7/h3H,1-2,7H2. The van der Waals surface area contributed by atoms with Crippen molar-refractivity contribution in [2.24, 2.45) is 11.8 Å². The molecule has 2 N–H and O–H groups in total. The molecule has 1 unspecified atom stereocenters. The second-order valence-corrected chi connectivity index (χ2v) is 2.00. The summed E-state index contributed by atoms with van der Waals surface area (Å²) in [5.74, 6) is 1.45. The molecule has 0 aliphatic heterocycles. The third kappa shape index (κ3) is 0.952. The normalized spacial score (nSPS) is 32.6. The number of alkyl halides is 2. The zero-order valence-corrected chi connectivity index (χ0v) is 4.23. The number of halogens is 2. The molecule has 0 aromatic carbocycles. The molecule has 0 spiro atoms. The van der Waals surface area contributed by atoms with Gasteiger partial charge in [-0.2, -0.15) is 0 Å². The zero-order chi connectivity index (χ0) is 6.20. The van der Waals surface area contributed by atoms with Gasteiger partial charge in [-0.3, -0.25) is 0 Å². The van der Waals surface area contributed by atoms with Crippen LogP contribution in [-0.4, -0.2) is 12.5 Å². The average Bonchev–Trinajstić information content (AvgIpc) is 2.15. The maximum Gasteiger partial charge on any atom is 0.254 e. The molecule has 8 heavy (non-hydrogen) atoms. The number of hydrogen-bond donors (Lipinski definition) is 1. The van der Waals surface area contributed by atoms with Gasteiger partial charge in [-0.25, -0.2) is 14.7 Å². The van der Waals surface area contributed by atoms with E-state index in [9.17, 15) is 8.78 Å². The van der Waals surface area contributed by atoms with Crippen LogP contribution in [0.1, 0.15) is 6.42 Å². The van der Waals surface area contributed by atoms with Gasteiger partial charge in [0.05, 0.1) is 12.5 Å². The fraction of sp³-hybridized carbons (Fsp3) is 1.00. The Kier molecular flexibility index (Phi) is 1.21. The van der Waals surface area contributed by atoms with Crippen molar-refractivity contribution in [3.63, 3.8) is 0 Å². The smallest absolute Gasteiger partial charge is 0.254 e. The first kappa shape index (κ1) is 5.91. The predicted molar refractivity (Wildman–Crippen MR) is 23.2 cm³/mol. The SMILES string of the molecule is NOCC1CC1(F)F. The van der Waals surface area contributed by atoms with Crippen molar-refractivity contribution in [2.75, 3.05) is 6.61 Å². The first-order valence-electron chi connectivity index (χ1n) is 2.36. The molecule has 0 aromatic heterocycles. The average molecular weight is 123 g/mol. The molecule has 0 heterocycles. The topological polar surface area (TPSA) is 35.2 Å². The van der Waals surface area contributed by atoms with E-state index < -0.39 is 11.8 Å². The van der Waals surface area contributed by atoms with Crippen molar-refractivity contribution < 1.29 is 13.6 Å². The van der Waals surface area contributed by atoms with Gasteiger partial charge in [0.2, 0.25) is 0 Å². The minimum atomic E-state index is -2.49. The van der Waals surface area contributed by atoms with E-state index in [0.29, 0.717) is 0 Å². The molecule has 4 heteroatoms. The van der Waals surface area contributed by atoms with Crippen LogP contribution in [0.5, 0.6) is 0 Å². The van der Waals surface area contributed by atoms with Crippen LogP contribution in [0.15, 0.2) is 0 Å². The molecule has 0 bridgehead atoms. The molecule has 0 aromatic rings. The Hall–Kier alpha value is -0.220. The monoisotopic (exact) mass is 123 g/mol. The fourth-order valence-corrected chi connectivity index (χ4v) is 0.567. The summed E-state index contributed by atoms with van der Waals surface area (Å²) < 4.78 is 23.7. The number of nitrogens with two attached hydrogens (primary N) is 1. The Morgan fingerprint density at radius 3 is 2.38 bits per heavy atom. The van der Waals surface area contributed by atoms with E-state index in [1.165, 1.54) is 0 Å². The molecule has 1 atom stereocenters. The van der Waals surface area contributed by atoms with E-state index in [-0.39, 0.29) is 13.0 Å². The fourth-order valence-electron chi connectivity index (χ4n) is 0.567. The lowest BCUT2D eigenvalue weighted by Gasteiger charge is -1.92. The summed E-state index contributed by atoms with van der Waals surface area (Å²) in [6.45, 7) is -0.0208. The van der Waals surface area contributed by atoms with Crippen molar-refractivity contribution >= 4 is 0 Å². The number of hydrogen-bond acceptors (Lipinski definition) is 2. The van der Waals surface area contributed by atoms with E-state index in [1.54, 1.807) is 0 Å². The Balaban J connectivity index is 2.17. The molecule has 2 nitrogen and oxygen atoms in total. The van der Waals surface area contributed by atoms with Crippen molar-refractivity contribution in [3.8, 4) is 0 Å². The third-order valence-electron chi connectivity index (χ3n) is 1.25. The van der Waals surface area contributed by atoms with Crippen molar-refractivity contribution in [1.29, 1.82) is 0 Å². The molecule has 1 rings (SSSR count). The first-order valence-corrected chi connectivity index (χ1v) is 2.36. The highest BCUT2D eigenvalue weighted by molar-refractivity contribution is 4.94. The van der Waals surface area contributed by atoms with Crippen LogP contribution in [0.25, 0.3) is 0 Å². The second-order valence-electron chi connectivity index (χ2n) is 2.00. The lowest BCUT2D eigenvalue weighted by molar-refractivity contribution is 0.0549. The van der Waals surface area contributed by atoms with Gasteiger partial charge < -0.3 is 4.84 Å². The molecular weight excluding hydrogens is 116 g/mol. The molecule has 1 aliphatic rings. The van der Waals surface area contributed by atoms with Crippen LogP contribution in [0.2, 0.25) is 0 Å². The highest BCUT2D eigenvalue weighted by atomic mass is 19.3. The Morgan fingerprint density at radius 2 is 2.25 bits per heavy atom. The molecule has 1 saturated carbocycles. The minimum Gasteiger partial charge on any atom is -0.304 e. The highest BCUT2D eigenvalue weighted by Crippen LogP contribution is 2.48. The van der Waals surface area contributed by atoms with Crippen molar-refractivity contribution in [3.05, 3.63) is 0 Å². The van der Waals surface area contributed by atoms with Crippen molar-refractivity contribution in [2.45, 2.75) is 12.3 Å². The molecule has 1 aliphatic carbocycles. The second kappa shape index (κ2) is 1.63. The summed E-state index contributed by atoms with van der Waals surface area (Å²) in [6, 6.07) is 0. The van der Waals surface area contributed by atoms with E-state index >= 15 is 0 Å². The summed E-state index contributed by atoms with van der Waals surface area (Å²) in [4.78, 5) is 4.02. The van der Waals surface area contributed by atoms with Crippen molar-refractivity contribution in [1.82, 2.24) is 0 Å². The summed E-state index contributed by atoms with van der Waals surface area (Å²) in [6.07, 6.45) is -0.0653. The Bertz CT molecular complexity index is 96.0. The molecule has 0 radical (unpaired) electrons. The van der Waals surface area contributed by atoms with Gasteiger partial charge in [0.15, 0.2) is 0 Å². The minimum absolute atomic E-state index is 0.0208. The third-order valence-corrected chi connectivity index (χ3v) is 1.25. The predicted octanol–water partition coefficient (Wildman–Crippen LogP) is 0.532. The van der Waals surface area contributed by atoms with E-state index in [0.717, 1.165) is 0 Å². The van der Waals surface area contributed by atoms with Gasteiger partial charge in [0.25, 0.3) is 5.92 Å². The summed E-state index contributed by atoms with van der Waals surface area (Å²) in [7, 11) is 0. The van der Waals surface area contributed by atoms with Crippen LogP contribution in [0, 0.1) is 5.92 Å². The molecule has 0 saturated heterocycles. The maximum atomic E-state index is 11.8. The largest absolute Gasteiger partial charge is 0.304 e. The summed E-state index contributed by atoms with van der Waals surface area (Å²) >= 11 is 0. The molecular formula is C4H7F2NO. The van der Waals surface area contributed by atoms with Crippen LogP contribution in [0.4, 0.5) is 8.78 Å². The van der Waals surface area contributed by atoms with Gasteiger partial charge in [-0.05, 0) is 0 Å². The number of rotatable bonds is 2. The Labute approximate surface area is 45.6 Å². The van der Waals surface area contributed by atoms with E-state index in [4.69, 9.17) is 0 Å². The van der Waals surface area contributed by atoms with E-state index in [2.05, 4.69) is 10.7 Å². The summed E-state index contributed by atoms with van der Waals surface area (Å²) in [5, 5.41) is 0. The van der Waals surface area contributed by atoms with E-state index in [1.807, 2.05) is 0 Å². The molecule has 48 valence electrons.